The second kappa shape index (κ2) is 7.67. The standard InChI is InChI=1S/C16H19FN4O3/c1-3-4-5-13(16(23)24)19-15(22)14-18-10(2)21(20-14)12-8-6-11(17)7-9-12/h6-9,13H,3-5H2,1-2H3,(H,19,22)(H,23,24). The van der Waals surface area contributed by atoms with Gasteiger partial charge in [-0.25, -0.2) is 18.9 Å². The third kappa shape index (κ3) is 4.15. The van der Waals surface area contributed by atoms with Crippen molar-refractivity contribution in [3.8, 4) is 5.69 Å². The molecule has 1 atom stereocenters. The fourth-order valence-corrected chi connectivity index (χ4v) is 2.20. The van der Waals surface area contributed by atoms with E-state index in [0.717, 1.165) is 6.42 Å². The number of halogens is 1. The van der Waals surface area contributed by atoms with Crippen LogP contribution in [0.25, 0.3) is 5.69 Å². The number of rotatable bonds is 7. The molecule has 0 spiro atoms. The van der Waals surface area contributed by atoms with E-state index in [9.17, 15) is 14.0 Å². The van der Waals surface area contributed by atoms with Crippen LogP contribution in [0.3, 0.4) is 0 Å². The predicted molar refractivity (Wildman–Crippen MR) is 84.5 cm³/mol. The van der Waals surface area contributed by atoms with E-state index < -0.39 is 17.9 Å². The number of unbranched alkanes of at least 4 members (excludes halogenated alkanes) is 1. The van der Waals surface area contributed by atoms with Crippen LogP contribution in [0, 0.1) is 12.7 Å². The van der Waals surface area contributed by atoms with E-state index in [0.29, 0.717) is 24.4 Å². The smallest absolute Gasteiger partial charge is 0.326 e. The van der Waals surface area contributed by atoms with E-state index >= 15 is 0 Å². The van der Waals surface area contributed by atoms with Crippen molar-refractivity contribution < 1.29 is 19.1 Å². The van der Waals surface area contributed by atoms with Crippen LogP contribution in [0.4, 0.5) is 4.39 Å². The molecule has 7 nitrogen and oxygen atoms in total. The molecule has 1 heterocycles. The van der Waals surface area contributed by atoms with Crippen LogP contribution in [0.5, 0.6) is 0 Å². The number of benzene rings is 1. The average Bonchev–Trinajstić information content (AvgIpc) is 2.93. The minimum atomic E-state index is -1.09. The Kier molecular flexibility index (Phi) is 5.62. The molecule has 2 rings (SSSR count). The maximum atomic E-state index is 13.0. The Balaban J connectivity index is 2.17. The number of aromatic nitrogens is 3. The van der Waals surface area contributed by atoms with Gasteiger partial charge in [-0.1, -0.05) is 19.8 Å². The number of aliphatic carboxylic acids is 1. The highest BCUT2D eigenvalue weighted by Crippen LogP contribution is 2.11. The molecule has 0 aliphatic carbocycles. The number of amides is 1. The predicted octanol–water partition coefficient (Wildman–Crippen LogP) is 2.09. The Labute approximate surface area is 138 Å². The van der Waals surface area contributed by atoms with E-state index in [-0.39, 0.29) is 11.6 Å². The van der Waals surface area contributed by atoms with Crippen molar-refractivity contribution in [2.75, 3.05) is 0 Å². The Morgan fingerprint density at radius 1 is 1.33 bits per heavy atom. The van der Waals surface area contributed by atoms with Gasteiger partial charge in [-0.15, -0.1) is 5.10 Å². The van der Waals surface area contributed by atoms with Gasteiger partial charge in [0.1, 0.15) is 17.7 Å². The minimum Gasteiger partial charge on any atom is -0.480 e. The zero-order chi connectivity index (χ0) is 17.7. The van der Waals surface area contributed by atoms with Crippen LogP contribution >= 0.6 is 0 Å². The minimum absolute atomic E-state index is 0.125. The molecule has 0 radical (unpaired) electrons. The number of aryl methyl sites for hydroxylation is 1. The molecule has 0 aliphatic heterocycles. The van der Waals surface area contributed by atoms with Crippen molar-refractivity contribution in [2.24, 2.45) is 0 Å². The largest absolute Gasteiger partial charge is 0.480 e. The highest BCUT2D eigenvalue weighted by molar-refractivity contribution is 5.93. The van der Waals surface area contributed by atoms with Gasteiger partial charge in [0.05, 0.1) is 5.69 Å². The Bertz CT molecular complexity index is 727. The van der Waals surface area contributed by atoms with Crippen LogP contribution < -0.4 is 5.32 Å². The number of carboxylic acid groups (broad SMARTS) is 1. The third-order valence-corrected chi connectivity index (χ3v) is 3.49. The number of nitrogens with zero attached hydrogens (tertiary/aromatic N) is 3. The van der Waals surface area contributed by atoms with Gasteiger partial charge >= 0.3 is 5.97 Å². The van der Waals surface area contributed by atoms with Gasteiger partial charge in [-0.05, 0) is 37.6 Å². The maximum Gasteiger partial charge on any atom is 0.326 e. The van der Waals surface area contributed by atoms with Gasteiger partial charge in [0.15, 0.2) is 0 Å². The van der Waals surface area contributed by atoms with E-state index in [1.54, 1.807) is 6.92 Å². The van der Waals surface area contributed by atoms with Crippen molar-refractivity contribution >= 4 is 11.9 Å². The molecule has 1 aromatic carbocycles. The number of carbonyl (C=O) groups is 2. The first kappa shape index (κ1) is 17.6. The molecule has 0 fully saturated rings. The summed E-state index contributed by atoms with van der Waals surface area (Å²) in [5, 5.41) is 15.7. The Hall–Kier alpha value is -2.77. The van der Waals surface area contributed by atoms with Crippen molar-refractivity contribution in [2.45, 2.75) is 39.2 Å². The summed E-state index contributed by atoms with van der Waals surface area (Å²) in [5.74, 6) is -1.81. The first-order valence-corrected chi connectivity index (χ1v) is 7.65. The van der Waals surface area contributed by atoms with Crippen LogP contribution in [0.15, 0.2) is 24.3 Å². The van der Waals surface area contributed by atoms with Gasteiger partial charge in [0.25, 0.3) is 5.91 Å². The number of carboxylic acids is 1. The lowest BCUT2D eigenvalue weighted by Crippen LogP contribution is -2.41. The molecule has 24 heavy (non-hydrogen) atoms. The molecule has 0 aliphatic rings. The lowest BCUT2D eigenvalue weighted by Gasteiger charge is -2.12. The average molecular weight is 334 g/mol. The van der Waals surface area contributed by atoms with E-state index in [1.165, 1.54) is 28.9 Å². The highest BCUT2D eigenvalue weighted by Gasteiger charge is 2.23. The van der Waals surface area contributed by atoms with Gasteiger partial charge in [-0.3, -0.25) is 4.79 Å². The van der Waals surface area contributed by atoms with Gasteiger partial charge < -0.3 is 10.4 Å². The van der Waals surface area contributed by atoms with Crippen molar-refractivity contribution in [3.63, 3.8) is 0 Å². The molecule has 128 valence electrons. The molecular weight excluding hydrogens is 315 g/mol. The van der Waals surface area contributed by atoms with Crippen LogP contribution in [0.1, 0.15) is 42.6 Å². The number of nitrogens with one attached hydrogen (secondary N) is 1. The SMILES string of the molecule is CCCCC(NC(=O)c1nc(C)n(-c2ccc(F)cc2)n1)C(=O)O. The Morgan fingerprint density at radius 2 is 2.00 bits per heavy atom. The van der Waals surface area contributed by atoms with Gasteiger partial charge in [-0.2, -0.15) is 0 Å². The summed E-state index contributed by atoms with van der Waals surface area (Å²) < 4.78 is 14.4. The molecule has 1 aromatic heterocycles. The van der Waals surface area contributed by atoms with Crippen molar-refractivity contribution in [1.82, 2.24) is 20.1 Å². The lowest BCUT2D eigenvalue weighted by molar-refractivity contribution is -0.139. The molecule has 0 bridgehead atoms. The summed E-state index contributed by atoms with van der Waals surface area (Å²) >= 11 is 0. The first-order chi connectivity index (χ1) is 11.4. The summed E-state index contributed by atoms with van der Waals surface area (Å²) in [4.78, 5) is 27.5. The van der Waals surface area contributed by atoms with Crippen molar-refractivity contribution in [3.05, 3.63) is 41.7 Å². The number of hydrogen-bond acceptors (Lipinski definition) is 4. The first-order valence-electron chi connectivity index (χ1n) is 7.65. The molecular formula is C16H19FN4O3. The fourth-order valence-electron chi connectivity index (χ4n) is 2.20. The van der Waals surface area contributed by atoms with Gasteiger partial charge in [0, 0.05) is 0 Å². The molecule has 0 saturated carbocycles. The molecule has 0 saturated heterocycles. The second-order valence-corrected chi connectivity index (χ2v) is 5.38. The van der Waals surface area contributed by atoms with Crippen LogP contribution in [-0.2, 0) is 4.79 Å². The second-order valence-electron chi connectivity index (χ2n) is 5.38. The van der Waals surface area contributed by atoms with E-state index in [2.05, 4.69) is 15.4 Å². The van der Waals surface area contributed by atoms with Gasteiger partial charge in [0.2, 0.25) is 5.82 Å². The third-order valence-electron chi connectivity index (χ3n) is 3.49. The highest BCUT2D eigenvalue weighted by atomic mass is 19.1. The molecule has 2 aromatic rings. The zero-order valence-corrected chi connectivity index (χ0v) is 13.5. The summed E-state index contributed by atoms with van der Waals surface area (Å²) in [6.45, 7) is 3.59. The summed E-state index contributed by atoms with van der Waals surface area (Å²) in [6, 6.07) is 4.61. The molecule has 2 N–H and O–H groups in total. The fraction of sp³-hybridized carbons (Fsp3) is 0.375. The summed E-state index contributed by atoms with van der Waals surface area (Å²) in [5.41, 5.74) is 0.557. The van der Waals surface area contributed by atoms with Crippen molar-refractivity contribution in [1.29, 1.82) is 0 Å². The number of carbonyl (C=O) groups excluding carboxylic acids is 1. The summed E-state index contributed by atoms with van der Waals surface area (Å²) in [7, 11) is 0. The monoisotopic (exact) mass is 334 g/mol. The normalized spacial score (nSPS) is 12.0. The quantitative estimate of drug-likeness (QED) is 0.808. The van der Waals surface area contributed by atoms with E-state index in [1.807, 2.05) is 6.92 Å². The molecule has 8 heteroatoms. The number of hydrogen-bond donors (Lipinski definition) is 2. The van der Waals surface area contributed by atoms with Crippen LogP contribution in [0.2, 0.25) is 0 Å². The lowest BCUT2D eigenvalue weighted by atomic mass is 10.1. The van der Waals surface area contributed by atoms with Crippen LogP contribution in [-0.4, -0.2) is 37.8 Å². The Morgan fingerprint density at radius 3 is 2.58 bits per heavy atom. The molecule has 1 amide bonds. The molecule has 1 unspecified atom stereocenters. The van der Waals surface area contributed by atoms with E-state index in [4.69, 9.17) is 5.11 Å². The summed E-state index contributed by atoms with van der Waals surface area (Å²) in [6.07, 6.45) is 1.86. The zero-order valence-electron chi connectivity index (χ0n) is 13.5. The maximum absolute atomic E-state index is 13.0. The topological polar surface area (TPSA) is 97.1 Å².